The molecule has 1 atom stereocenters. The molecule has 0 unspecified atom stereocenters. The molecule has 23 heavy (non-hydrogen) atoms. The van der Waals surface area contributed by atoms with Crippen LogP contribution in [-0.2, 0) is 9.59 Å². The van der Waals surface area contributed by atoms with E-state index in [0.717, 1.165) is 22.3 Å². The maximum atomic E-state index is 12.8. The second-order valence-corrected chi connectivity index (χ2v) is 5.48. The molecule has 0 spiro atoms. The Labute approximate surface area is 134 Å². The second kappa shape index (κ2) is 5.98. The van der Waals surface area contributed by atoms with Crippen LogP contribution in [0.15, 0.2) is 48.5 Å². The van der Waals surface area contributed by atoms with E-state index >= 15 is 0 Å². The Kier molecular flexibility index (Phi) is 3.86. The lowest BCUT2D eigenvalue weighted by atomic mass is 9.95. The van der Waals surface area contributed by atoms with Gasteiger partial charge in [-0.15, -0.1) is 12.3 Å². The van der Waals surface area contributed by atoms with Crippen LogP contribution in [0.5, 0.6) is 0 Å². The van der Waals surface area contributed by atoms with Crippen molar-refractivity contribution in [3.63, 3.8) is 0 Å². The number of fused-ring (bicyclic) bond motifs is 3. The summed E-state index contributed by atoms with van der Waals surface area (Å²) in [6.07, 6.45) is 5.32. The number of carbonyl (C=O) groups excluding carboxylic acids is 2. The molecule has 1 aliphatic carbocycles. The first-order chi connectivity index (χ1) is 11.1. The van der Waals surface area contributed by atoms with Crippen molar-refractivity contribution in [2.24, 2.45) is 5.73 Å². The van der Waals surface area contributed by atoms with Gasteiger partial charge in [0.05, 0.1) is 5.92 Å². The van der Waals surface area contributed by atoms with Gasteiger partial charge in [-0.1, -0.05) is 48.5 Å². The molecule has 1 aliphatic rings. The van der Waals surface area contributed by atoms with E-state index in [-0.39, 0.29) is 12.3 Å². The summed E-state index contributed by atoms with van der Waals surface area (Å²) >= 11 is 0. The SMILES string of the molecule is C#CC[C@H](NC(=O)C1c2ccccc2-c2ccccc21)C(N)=O. The molecule has 114 valence electrons. The van der Waals surface area contributed by atoms with Gasteiger partial charge in [-0.05, 0) is 22.3 Å². The van der Waals surface area contributed by atoms with Crippen molar-refractivity contribution in [2.75, 3.05) is 0 Å². The lowest BCUT2D eigenvalue weighted by Gasteiger charge is -2.18. The summed E-state index contributed by atoms with van der Waals surface area (Å²) < 4.78 is 0. The number of nitrogens with two attached hydrogens (primary N) is 1. The number of rotatable bonds is 4. The molecule has 0 aliphatic heterocycles. The lowest BCUT2D eigenvalue weighted by molar-refractivity contribution is -0.127. The van der Waals surface area contributed by atoms with Crippen molar-refractivity contribution >= 4 is 11.8 Å². The van der Waals surface area contributed by atoms with E-state index in [1.165, 1.54) is 0 Å². The highest BCUT2D eigenvalue weighted by atomic mass is 16.2. The monoisotopic (exact) mass is 304 g/mol. The topological polar surface area (TPSA) is 72.2 Å². The zero-order valence-electron chi connectivity index (χ0n) is 12.5. The third-order valence-electron chi connectivity index (χ3n) is 4.08. The van der Waals surface area contributed by atoms with Crippen LogP contribution < -0.4 is 11.1 Å². The minimum absolute atomic E-state index is 0.0804. The Morgan fingerprint density at radius 3 is 2.09 bits per heavy atom. The maximum absolute atomic E-state index is 12.8. The van der Waals surface area contributed by atoms with E-state index in [0.29, 0.717) is 0 Å². The van der Waals surface area contributed by atoms with Crippen molar-refractivity contribution in [1.29, 1.82) is 0 Å². The Bertz CT molecular complexity index is 775. The maximum Gasteiger partial charge on any atom is 0.240 e. The first kappa shape index (κ1) is 14.9. The van der Waals surface area contributed by atoms with Gasteiger partial charge in [0.1, 0.15) is 6.04 Å². The quantitative estimate of drug-likeness (QED) is 0.845. The zero-order chi connectivity index (χ0) is 16.4. The smallest absolute Gasteiger partial charge is 0.240 e. The third kappa shape index (κ3) is 2.58. The standard InChI is InChI=1S/C19H16N2O2/c1-2-7-16(18(20)22)21-19(23)17-14-10-5-3-8-12(14)13-9-4-6-11-15(13)17/h1,3-6,8-11,16-17H,7H2,(H2,20,22)(H,21,23)/t16-/m0/s1. The summed E-state index contributed by atoms with van der Waals surface area (Å²) in [5.74, 6) is 1.02. The molecule has 0 aromatic heterocycles. The highest BCUT2D eigenvalue weighted by Gasteiger charge is 2.34. The molecule has 0 saturated heterocycles. The molecule has 2 aromatic carbocycles. The number of hydrogen-bond donors (Lipinski definition) is 2. The van der Waals surface area contributed by atoms with E-state index in [4.69, 9.17) is 12.2 Å². The van der Waals surface area contributed by atoms with E-state index in [9.17, 15) is 9.59 Å². The number of terminal acetylenes is 1. The Morgan fingerprint density at radius 2 is 1.61 bits per heavy atom. The first-order valence-corrected chi connectivity index (χ1v) is 7.35. The van der Waals surface area contributed by atoms with Crippen molar-refractivity contribution in [3.05, 3.63) is 59.7 Å². The van der Waals surface area contributed by atoms with Gasteiger partial charge in [0.15, 0.2) is 0 Å². The second-order valence-electron chi connectivity index (χ2n) is 5.48. The molecule has 0 bridgehead atoms. The predicted octanol–water partition coefficient (Wildman–Crippen LogP) is 1.79. The van der Waals surface area contributed by atoms with Crippen LogP contribution in [0.4, 0.5) is 0 Å². The van der Waals surface area contributed by atoms with Gasteiger partial charge >= 0.3 is 0 Å². The fourth-order valence-corrected chi connectivity index (χ4v) is 3.03. The van der Waals surface area contributed by atoms with Crippen LogP contribution in [0, 0.1) is 12.3 Å². The molecular formula is C19H16N2O2. The van der Waals surface area contributed by atoms with Gasteiger partial charge in [-0.3, -0.25) is 9.59 Å². The Morgan fingerprint density at radius 1 is 1.09 bits per heavy atom. The number of primary amides is 1. The summed E-state index contributed by atoms with van der Waals surface area (Å²) in [4.78, 5) is 24.2. The minimum Gasteiger partial charge on any atom is -0.368 e. The van der Waals surface area contributed by atoms with Gasteiger partial charge in [0, 0.05) is 6.42 Å². The molecule has 0 heterocycles. The van der Waals surface area contributed by atoms with E-state index in [2.05, 4.69) is 11.2 Å². The largest absolute Gasteiger partial charge is 0.368 e. The van der Waals surface area contributed by atoms with Gasteiger partial charge in [-0.25, -0.2) is 0 Å². The summed E-state index contributed by atoms with van der Waals surface area (Å²) in [6.45, 7) is 0. The van der Waals surface area contributed by atoms with Crippen molar-refractivity contribution < 1.29 is 9.59 Å². The Hall–Kier alpha value is -3.06. The van der Waals surface area contributed by atoms with Crippen LogP contribution in [0.2, 0.25) is 0 Å². The molecule has 4 nitrogen and oxygen atoms in total. The molecular weight excluding hydrogens is 288 g/mol. The number of hydrogen-bond acceptors (Lipinski definition) is 2. The number of carbonyl (C=O) groups is 2. The van der Waals surface area contributed by atoms with Gasteiger partial charge in [0.2, 0.25) is 11.8 Å². The van der Waals surface area contributed by atoms with E-state index < -0.39 is 17.9 Å². The zero-order valence-corrected chi connectivity index (χ0v) is 12.5. The van der Waals surface area contributed by atoms with Crippen LogP contribution in [0.1, 0.15) is 23.5 Å². The average Bonchev–Trinajstić information content (AvgIpc) is 2.89. The molecule has 0 radical (unpaired) electrons. The molecule has 0 saturated carbocycles. The van der Waals surface area contributed by atoms with Crippen LogP contribution in [0.25, 0.3) is 11.1 Å². The van der Waals surface area contributed by atoms with Gasteiger partial charge in [-0.2, -0.15) is 0 Å². The highest BCUT2D eigenvalue weighted by molar-refractivity contribution is 5.98. The average molecular weight is 304 g/mol. The number of amides is 2. The van der Waals surface area contributed by atoms with Crippen molar-refractivity contribution in [3.8, 4) is 23.5 Å². The molecule has 3 rings (SSSR count). The molecule has 2 amide bonds. The number of nitrogens with one attached hydrogen (secondary N) is 1. The summed E-state index contributed by atoms with van der Waals surface area (Å²) in [7, 11) is 0. The predicted molar refractivity (Wildman–Crippen MR) is 88.3 cm³/mol. The minimum atomic E-state index is -0.854. The first-order valence-electron chi connectivity index (χ1n) is 7.35. The number of benzene rings is 2. The Balaban J connectivity index is 1.98. The highest BCUT2D eigenvalue weighted by Crippen LogP contribution is 2.44. The molecule has 3 N–H and O–H groups in total. The summed E-state index contributed by atoms with van der Waals surface area (Å²) in [5, 5.41) is 2.69. The van der Waals surface area contributed by atoms with Crippen LogP contribution >= 0.6 is 0 Å². The van der Waals surface area contributed by atoms with E-state index in [1.807, 2.05) is 48.5 Å². The molecule has 4 heteroatoms. The fourth-order valence-electron chi connectivity index (χ4n) is 3.03. The van der Waals surface area contributed by atoms with Crippen molar-refractivity contribution in [1.82, 2.24) is 5.32 Å². The van der Waals surface area contributed by atoms with Crippen LogP contribution in [-0.4, -0.2) is 17.9 Å². The van der Waals surface area contributed by atoms with Gasteiger partial charge < -0.3 is 11.1 Å². The third-order valence-corrected chi connectivity index (χ3v) is 4.08. The molecule has 2 aromatic rings. The fraction of sp³-hybridized carbons (Fsp3) is 0.158. The van der Waals surface area contributed by atoms with Crippen LogP contribution in [0.3, 0.4) is 0 Å². The summed E-state index contributed by atoms with van der Waals surface area (Å²) in [5.41, 5.74) is 9.24. The van der Waals surface area contributed by atoms with E-state index in [1.54, 1.807) is 0 Å². The summed E-state index contributed by atoms with van der Waals surface area (Å²) in [6, 6.07) is 14.7. The molecule has 0 fully saturated rings. The normalized spacial score (nSPS) is 13.5. The van der Waals surface area contributed by atoms with Gasteiger partial charge in [0.25, 0.3) is 0 Å². The lowest BCUT2D eigenvalue weighted by Crippen LogP contribution is -2.45. The van der Waals surface area contributed by atoms with Crippen molar-refractivity contribution in [2.45, 2.75) is 18.4 Å².